The van der Waals surface area contributed by atoms with E-state index < -0.39 is 0 Å². The van der Waals surface area contributed by atoms with Crippen LogP contribution in [0.1, 0.15) is 43.2 Å². The third kappa shape index (κ3) is 1.69. The maximum Gasteiger partial charge on any atom is 0.140 e. The number of hydrogen-bond donors (Lipinski definition) is 1. The average molecular weight is 195 g/mol. The lowest BCUT2D eigenvalue weighted by Gasteiger charge is -2.20. The molecule has 14 heavy (non-hydrogen) atoms. The van der Waals surface area contributed by atoms with E-state index in [1.807, 2.05) is 0 Å². The number of rotatable bonds is 3. The Hall–Kier alpha value is -0.830. The van der Waals surface area contributed by atoms with E-state index in [0.717, 1.165) is 30.2 Å². The van der Waals surface area contributed by atoms with Gasteiger partial charge in [0.15, 0.2) is 0 Å². The summed E-state index contributed by atoms with van der Waals surface area (Å²) in [7, 11) is 0. The lowest BCUT2D eigenvalue weighted by molar-refractivity contribution is 0.265. The predicted molar refractivity (Wildman–Crippen MR) is 52.8 cm³/mol. The minimum absolute atomic E-state index is 0.0116. The van der Waals surface area contributed by atoms with Gasteiger partial charge in [0.05, 0.1) is 6.61 Å². The molecule has 78 valence electrons. The van der Waals surface area contributed by atoms with Crippen LogP contribution in [0.25, 0.3) is 0 Å². The zero-order valence-electron chi connectivity index (χ0n) is 8.62. The van der Waals surface area contributed by atoms with E-state index in [1.54, 1.807) is 0 Å². The summed E-state index contributed by atoms with van der Waals surface area (Å²) >= 11 is 0. The fraction of sp³-hybridized carbons (Fsp3) is 0.727. The second-order valence-electron chi connectivity index (χ2n) is 4.09. The summed E-state index contributed by atoms with van der Waals surface area (Å²) in [5.74, 6) is 1.76. The lowest BCUT2D eigenvalue weighted by atomic mass is 9.84. The second-order valence-corrected chi connectivity index (χ2v) is 4.09. The summed E-state index contributed by atoms with van der Waals surface area (Å²) in [6.07, 6.45) is 5.76. The number of hydrogen-bond acceptors (Lipinski definition) is 3. The van der Waals surface area contributed by atoms with Gasteiger partial charge in [0.2, 0.25) is 0 Å². The third-order valence-electron chi connectivity index (χ3n) is 3.07. The highest BCUT2D eigenvalue weighted by atomic mass is 16.5. The van der Waals surface area contributed by atoms with Gasteiger partial charge in [0.25, 0.3) is 0 Å². The summed E-state index contributed by atoms with van der Waals surface area (Å²) in [6, 6.07) is 0. The van der Waals surface area contributed by atoms with Crippen LogP contribution in [0.15, 0.2) is 4.52 Å². The summed E-state index contributed by atoms with van der Waals surface area (Å²) < 4.78 is 5.19. The van der Waals surface area contributed by atoms with Gasteiger partial charge in [0, 0.05) is 12.0 Å². The quantitative estimate of drug-likeness (QED) is 0.803. The number of aliphatic hydroxyl groups is 1. The van der Waals surface area contributed by atoms with Crippen molar-refractivity contribution in [3.8, 4) is 0 Å². The molecule has 0 aliphatic heterocycles. The number of aromatic nitrogens is 1. The molecule has 3 heteroatoms. The molecule has 1 heterocycles. The third-order valence-corrected chi connectivity index (χ3v) is 3.07. The van der Waals surface area contributed by atoms with Gasteiger partial charge >= 0.3 is 0 Å². The van der Waals surface area contributed by atoms with Gasteiger partial charge in [-0.2, -0.15) is 0 Å². The molecular weight excluding hydrogens is 178 g/mol. The minimum atomic E-state index is 0.0116. The van der Waals surface area contributed by atoms with Crippen molar-refractivity contribution in [1.29, 1.82) is 0 Å². The van der Waals surface area contributed by atoms with Gasteiger partial charge < -0.3 is 9.63 Å². The molecule has 1 aromatic rings. The zero-order valence-corrected chi connectivity index (χ0v) is 8.62. The molecule has 0 bridgehead atoms. The Kier molecular flexibility index (Phi) is 2.87. The SMILES string of the molecule is CCCC1CCc2onc(CO)c2C1. The van der Waals surface area contributed by atoms with Crippen LogP contribution in [-0.2, 0) is 19.4 Å². The Morgan fingerprint density at radius 1 is 1.57 bits per heavy atom. The maximum atomic E-state index is 9.08. The molecule has 1 atom stereocenters. The van der Waals surface area contributed by atoms with Gasteiger partial charge in [0.1, 0.15) is 11.5 Å². The topological polar surface area (TPSA) is 46.3 Å². The fourth-order valence-electron chi connectivity index (χ4n) is 2.31. The molecule has 2 rings (SSSR count). The molecule has 1 aliphatic carbocycles. The van der Waals surface area contributed by atoms with E-state index in [-0.39, 0.29) is 6.61 Å². The minimum Gasteiger partial charge on any atom is -0.390 e. The van der Waals surface area contributed by atoms with E-state index in [9.17, 15) is 0 Å². The average Bonchev–Trinajstić information content (AvgIpc) is 2.60. The molecular formula is C11H17NO2. The molecule has 0 radical (unpaired) electrons. The molecule has 0 spiro atoms. The van der Waals surface area contributed by atoms with Crippen LogP contribution in [0.5, 0.6) is 0 Å². The van der Waals surface area contributed by atoms with Crippen molar-refractivity contribution in [2.45, 2.75) is 45.6 Å². The fourth-order valence-corrected chi connectivity index (χ4v) is 2.31. The predicted octanol–water partition coefficient (Wildman–Crippen LogP) is 2.07. The van der Waals surface area contributed by atoms with Crippen LogP contribution in [0.2, 0.25) is 0 Å². The highest BCUT2D eigenvalue weighted by molar-refractivity contribution is 5.25. The van der Waals surface area contributed by atoms with Gasteiger partial charge in [-0.05, 0) is 18.8 Å². The number of aliphatic hydroxyl groups excluding tert-OH is 1. The summed E-state index contributed by atoms with van der Waals surface area (Å²) in [6.45, 7) is 2.23. The molecule has 0 saturated heterocycles. The van der Waals surface area contributed by atoms with E-state index in [0.29, 0.717) is 0 Å². The molecule has 0 saturated carbocycles. The van der Waals surface area contributed by atoms with E-state index in [4.69, 9.17) is 9.63 Å². The Morgan fingerprint density at radius 2 is 2.43 bits per heavy atom. The lowest BCUT2D eigenvalue weighted by Crippen LogP contribution is -2.13. The number of fused-ring (bicyclic) bond motifs is 1. The Bertz CT molecular complexity index is 293. The van der Waals surface area contributed by atoms with E-state index in [2.05, 4.69) is 12.1 Å². The Morgan fingerprint density at radius 3 is 3.14 bits per heavy atom. The van der Waals surface area contributed by atoms with Crippen molar-refractivity contribution in [2.75, 3.05) is 0 Å². The van der Waals surface area contributed by atoms with Crippen molar-refractivity contribution in [2.24, 2.45) is 5.92 Å². The van der Waals surface area contributed by atoms with Crippen LogP contribution in [0.3, 0.4) is 0 Å². The van der Waals surface area contributed by atoms with Crippen LogP contribution in [0, 0.1) is 5.92 Å². The highest BCUT2D eigenvalue weighted by Gasteiger charge is 2.24. The molecule has 1 aliphatic rings. The Balaban J connectivity index is 2.14. The van der Waals surface area contributed by atoms with Crippen LogP contribution in [-0.4, -0.2) is 10.3 Å². The molecule has 0 aromatic carbocycles. The monoisotopic (exact) mass is 195 g/mol. The van der Waals surface area contributed by atoms with E-state index in [1.165, 1.54) is 24.8 Å². The van der Waals surface area contributed by atoms with Crippen molar-refractivity contribution < 1.29 is 9.63 Å². The molecule has 1 aromatic heterocycles. The Labute approximate surface area is 84.1 Å². The molecule has 0 fully saturated rings. The van der Waals surface area contributed by atoms with E-state index >= 15 is 0 Å². The first-order valence-electron chi connectivity index (χ1n) is 5.42. The second kappa shape index (κ2) is 4.13. The summed E-state index contributed by atoms with van der Waals surface area (Å²) in [4.78, 5) is 0. The largest absolute Gasteiger partial charge is 0.390 e. The zero-order chi connectivity index (χ0) is 9.97. The molecule has 1 unspecified atom stereocenters. The maximum absolute atomic E-state index is 9.08. The van der Waals surface area contributed by atoms with Crippen molar-refractivity contribution in [1.82, 2.24) is 5.16 Å². The summed E-state index contributed by atoms with van der Waals surface area (Å²) in [5, 5.41) is 13.0. The normalized spacial score (nSPS) is 20.9. The van der Waals surface area contributed by atoms with Gasteiger partial charge in [-0.1, -0.05) is 24.9 Å². The van der Waals surface area contributed by atoms with Crippen molar-refractivity contribution in [3.05, 3.63) is 17.0 Å². The summed E-state index contributed by atoms with van der Waals surface area (Å²) in [5.41, 5.74) is 1.93. The van der Waals surface area contributed by atoms with Crippen LogP contribution in [0.4, 0.5) is 0 Å². The van der Waals surface area contributed by atoms with Crippen LogP contribution < -0.4 is 0 Å². The standard InChI is InChI=1S/C11H17NO2/c1-2-3-8-4-5-11-9(6-8)10(7-13)12-14-11/h8,13H,2-7H2,1H3. The van der Waals surface area contributed by atoms with Gasteiger partial charge in [-0.25, -0.2) is 0 Å². The first-order chi connectivity index (χ1) is 6.85. The van der Waals surface area contributed by atoms with Gasteiger partial charge in [-0.3, -0.25) is 0 Å². The number of nitrogens with zero attached hydrogens (tertiary/aromatic N) is 1. The molecule has 3 nitrogen and oxygen atoms in total. The van der Waals surface area contributed by atoms with Crippen molar-refractivity contribution >= 4 is 0 Å². The molecule has 0 amide bonds. The van der Waals surface area contributed by atoms with Gasteiger partial charge in [-0.15, -0.1) is 0 Å². The van der Waals surface area contributed by atoms with Crippen molar-refractivity contribution in [3.63, 3.8) is 0 Å². The van der Waals surface area contributed by atoms with Crippen LogP contribution >= 0.6 is 0 Å². The first-order valence-corrected chi connectivity index (χ1v) is 5.42. The number of aryl methyl sites for hydroxylation is 1. The highest BCUT2D eigenvalue weighted by Crippen LogP contribution is 2.30. The first kappa shape index (κ1) is 9.71. The smallest absolute Gasteiger partial charge is 0.140 e. The molecule has 1 N–H and O–H groups in total.